The Morgan fingerprint density at radius 3 is 2.47 bits per heavy atom. The van der Waals surface area contributed by atoms with E-state index in [-0.39, 0.29) is 11.9 Å². The molecule has 2 N–H and O–H groups in total. The molecule has 2 aromatic carbocycles. The highest BCUT2D eigenvalue weighted by molar-refractivity contribution is 5.60. The molecule has 1 unspecified atom stereocenters. The van der Waals surface area contributed by atoms with Gasteiger partial charge in [-0.05, 0) is 35.2 Å². The largest absolute Gasteiger partial charge is 0.320 e. The maximum Gasteiger partial charge on any atom is 0.123 e. The number of hydrogen-bond acceptors (Lipinski definition) is 2. The third-order valence-corrected chi connectivity index (χ3v) is 3.61. The molecule has 0 spiro atoms. The lowest BCUT2D eigenvalue weighted by atomic mass is 9.94. The zero-order valence-electron chi connectivity index (χ0n) is 11.1. The van der Waals surface area contributed by atoms with Crippen LogP contribution in [0.1, 0.15) is 42.5 Å². The van der Waals surface area contributed by atoms with E-state index in [0.717, 1.165) is 11.3 Å². The highest BCUT2D eigenvalue weighted by atomic mass is 19.1. The maximum absolute atomic E-state index is 13.0. The summed E-state index contributed by atoms with van der Waals surface area (Å²) in [5, 5.41) is 0. The molecule has 0 saturated carbocycles. The lowest BCUT2D eigenvalue weighted by Crippen LogP contribution is -2.19. The summed E-state index contributed by atoms with van der Waals surface area (Å²) in [7, 11) is 0. The molecule has 0 saturated heterocycles. The number of anilines is 1. The number of rotatable bonds is 2. The first-order chi connectivity index (χ1) is 9.15. The van der Waals surface area contributed by atoms with Gasteiger partial charge in [0.15, 0.2) is 0 Å². The highest BCUT2D eigenvalue weighted by Gasteiger charge is 2.23. The summed E-state index contributed by atoms with van der Waals surface area (Å²) in [4.78, 5) is 0. The minimum atomic E-state index is -0.203. The molecule has 1 aliphatic heterocycles. The van der Waals surface area contributed by atoms with Gasteiger partial charge in [-0.1, -0.05) is 38.1 Å². The van der Waals surface area contributed by atoms with E-state index < -0.39 is 0 Å². The van der Waals surface area contributed by atoms with Gasteiger partial charge in [-0.15, -0.1) is 0 Å². The molecule has 3 rings (SSSR count). The van der Waals surface area contributed by atoms with Gasteiger partial charge < -0.3 is 5.43 Å². The maximum atomic E-state index is 13.0. The van der Waals surface area contributed by atoms with Gasteiger partial charge in [-0.3, -0.25) is 0 Å². The van der Waals surface area contributed by atoms with Crippen LogP contribution in [0.3, 0.4) is 0 Å². The molecule has 0 bridgehead atoms. The predicted molar refractivity (Wildman–Crippen MR) is 75.5 cm³/mol. The predicted octanol–water partition coefficient (Wildman–Crippen LogP) is 3.97. The van der Waals surface area contributed by atoms with Gasteiger partial charge in [0.25, 0.3) is 0 Å². The monoisotopic (exact) mass is 256 g/mol. The molecule has 0 amide bonds. The Hall–Kier alpha value is -1.87. The van der Waals surface area contributed by atoms with Gasteiger partial charge in [-0.2, -0.15) is 0 Å². The third kappa shape index (κ3) is 2.22. The zero-order chi connectivity index (χ0) is 13.4. The number of fused-ring (bicyclic) bond motifs is 1. The van der Waals surface area contributed by atoms with Crippen LogP contribution in [0.4, 0.5) is 10.1 Å². The summed E-state index contributed by atoms with van der Waals surface area (Å²) in [6.45, 7) is 4.37. The first-order valence-corrected chi connectivity index (χ1v) is 6.56. The van der Waals surface area contributed by atoms with Crippen molar-refractivity contribution in [2.75, 3.05) is 5.43 Å². The summed E-state index contributed by atoms with van der Waals surface area (Å²) in [5.41, 5.74) is 11.1. The minimum Gasteiger partial charge on any atom is -0.320 e. The Labute approximate surface area is 112 Å². The van der Waals surface area contributed by atoms with Crippen LogP contribution in [-0.2, 0) is 0 Å². The van der Waals surface area contributed by atoms with Crippen LogP contribution >= 0.6 is 0 Å². The SMILES string of the molecule is CC(C)c1ccc2c(c1)C(c1ccc(F)cc1)NN2. The Kier molecular flexibility index (Phi) is 2.99. The van der Waals surface area contributed by atoms with Crippen LogP contribution in [0, 0.1) is 5.82 Å². The van der Waals surface area contributed by atoms with E-state index in [4.69, 9.17) is 0 Å². The van der Waals surface area contributed by atoms with E-state index in [0.29, 0.717) is 5.92 Å². The third-order valence-electron chi connectivity index (χ3n) is 3.61. The van der Waals surface area contributed by atoms with Crippen LogP contribution in [0.5, 0.6) is 0 Å². The first kappa shape index (κ1) is 12.2. The number of hydrogen-bond donors (Lipinski definition) is 2. The quantitative estimate of drug-likeness (QED) is 0.849. The molecular weight excluding hydrogens is 239 g/mol. The summed E-state index contributed by atoms with van der Waals surface area (Å²) in [5.74, 6) is 0.297. The number of benzene rings is 2. The van der Waals surface area contributed by atoms with Gasteiger partial charge in [0.05, 0.1) is 11.7 Å². The van der Waals surface area contributed by atoms with Gasteiger partial charge in [-0.25, -0.2) is 9.82 Å². The lowest BCUT2D eigenvalue weighted by molar-refractivity contribution is 0.625. The van der Waals surface area contributed by atoms with Crippen molar-refractivity contribution in [3.63, 3.8) is 0 Å². The molecule has 98 valence electrons. The number of halogens is 1. The molecule has 0 fully saturated rings. The minimum absolute atomic E-state index is 0.0781. The Bertz CT molecular complexity index is 590. The van der Waals surface area contributed by atoms with Crippen LogP contribution < -0.4 is 10.9 Å². The smallest absolute Gasteiger partial charge is 0.123 e. The molecule has 0 aliphatic carbocycles. The van der Waals surface area contributed by atoms with Crippen LogP contribution in [0.15, 0.2) is 42.5 Å². The summed E-state index contributed by atoms with van der Waals surface area (Å²) < 4.78 is 13.0. The number of hydrazine groups is 1. The van der Waals surface area contributed by atoms with E-state index in [1.807, 2.05) is 12.1 Å². The molecule has 19 heavy (non-hydrogen) atoms. The standard InChI is InChI=1S/C16H17FN2/c1-10(2)12-5-8-15-14(9-12)16(19-18-15)11-3-6-13(17)7-4-11/h3-10,16,18-19H,1-2H3. The van der Waals surface area contributed by atoms with E-state index in [2.05, 4.69) is 42.9 Å². The zero-order valence-corrected chi connectivity index (χ0v) is 11.1. The molecule has 0 aromatic heterocycles. The van der Waals surface area contributed by atoms with Gasteiger partial charge in [0.2, 0.25) is 0 Å². The molecule has 1 heterocycles. The average Bonchev–Trinajstić information content (AvgIpc) is 2.82. The van der Waals surface area contributed by atoms with Crippen molar-refractivity contribution in [3.8, 4) is 0 Å². The second kappa shape index (κ2) is 4.67. The fourth-order valence-corrected chi connectivity index (χ4v) is 2.44. The molecule has 1 aliphatic rings. The van der Waals surface area contributed by atoms with Crippen molar-refractivity contribution in [1.29, 1.82) is 0 Å². The van der Waals surface area contributed by atoms with E-state index in [1.54, 1.807) is 0 Å². The van der Waals surface area contributed by atoms with Crippen molar-refractivity contribution in [3.05, 3.63) is 65.0 Å². The molecule has 2 aromatic rings. The van der Waals surface area contributed by atoms with Crippen molar-refractivity contribution in [2.24, 2.45) is 0 Å². The average molecular weight is 256 g/mol. The van der Waals surface area contributed by atoms with Gasteiger partial charge in [0.1, 0.15) is 5.82 Å². The van der Waals surface area contributed by atoms with Gasteiger partial charge in [0, 0.05) is 5.56 Å². The molecule has 3 heteroatoms. The van der Waals surface area contributed by atoms with Crippen molar-refractivity contribution in [1.82, 2.24) is 5.43 Å². The van der Waals surface area contributed by atoms with E-state index in [1.165, 1.54) is 23.3 Å². The highest BCUT2D eigenvalue weighted by Crippen LogP contribution is 2.35. The van der Waals surface area contributed by atoms with E-state index >= 15 is 0 Å². The normalized spacial score (nSPS) is 17.4. The molecular formula is C16H17FN2. The summed E-state index contributed by atoms with van der Waals surface area (Å²) >= 11 is 0. The van der Waals surface area contributed by atoms with Gasteiger partial charge >= 0.3 is 0 Å². The second-order valence-electron chi connectivity index (χ2n) is 5.26. The molecule has 0 radical (unpaired) electrons. The fourth-order valence-electron chi connectivity index (χ4n) is 2.44. The fraction of sp³-hybridized carbons (Fsp3) is 0.250. The topological polar surface area (TPSA) is 24.1 Å². The molecule has 1 atom stereocenters. The Morgan fingerprint density at radius 1 is 1.05 bits per heavy atom. The first-order valence-electron chi connectivity index (χ1n) is 6.56. The second-order valence-corrected chi connectivity index (χ2v) is 5.26. The number of nitrogens with one attached hydrogen (secondary N) is 2. The van der Waals surface area contributed by atoms with Crippen LogP contribution in [-0.4, -0.2) is 0 Å². The van der Waals surface area contributed by atoms with Crippen LogP contribution in [0.25, 0.3) is 0 Å². The summed E-state index contributed by atoms with van der Waals surface area (Å²) in [6.07, 6.45) is 0. The lowest BCUT2D eigenvalue weighted by Gasteiger charge is -2.13. The Balaban J connectivity index is 2.00. The van der Waals surface area contributed by atoms with Crippen molar-refractivity contribution >= 4 is 5.69 Å². The van der Waals surface area contributed by atoms with Crippen molar-refractivity contribution < 1.29 is 4.39 Å². The van der Waals surface area contributed by atoms with Crippen molar-refractivity contribution in [2.45, 2.75) is 25.8 Å². The summed E-state index contributed by atoms with van der Waals surface area (Å²) in [6, 6.07) is 13.2. The Morgan fingerprint density at radius 2 is 1.79 bits per heavy atom. The molecule has 2 nitrogen and oxygen atoms in total. The van der Waals surface area contributed by atoms with E-state index in [9.17, 15) is 4.39 Å². The van der Waals surface area contributed by atoms with Crippen LogP contribution in [0.2, 0.25) is 0 Å².